The van der Waals surface area contributed by atoms with Crippen molar-refractivity contribution in [3.05, 3.63) is 54.2 Å². The molecule has 1 atom stereocenters. The summed E-state index contributed by atoms with van der Waals surface area (Å²) in [6, 6.07) is 6.89. The van der Waals surface area contributed by atoms with Crippen molar-refractivity contribution in [3.8, 4) is 28.2 Å². The topological polar surface area (TPSA) is 151 Å². The molecule has 0 fully saturated rings. The third-order valence-corrected chi connectivity index (χ3v) is 7.30. The number of methoxy groups -OCH3 is 1. The van der Waals surface area contributed by atoms with E-state index >= 15 is 0 Å². The van der Waals surface area contributed by atoms with Crippen LogP contribution in [0.4, 0.5) is 14.9 Å². The van der Waals surface area contributed by atoms with Gasteiger partial charge in [0, 0.05) is 24.1 Å². The second kappa shape index (κ2) is 12.9. The fourth-order valence-electron chi connectivity index (χ4n) is 4.09. The lowest BCUT2D eigenvalue weighted by atomic mass is 10.1. The first-order valence-corrected chi connectivity index (χ1v) is 14.5. The van der Waals surface area contributed by atoms with Gasteiger partial charge < -0.3 is 24.1 Å². The Morgan fingerprint density at radius 1 is 1.09 bits per heavy atom. The molecular formula is C30H31FN6O6S. The number of amides is 1. The van der Waals surface area contributed by atoms with Gasteiger partial charge in [-0.25, -0.2) is 34.1 Å². The number of carbonyl (C=O) groups excluding carboxylic acids is 1. The molecule has 5 rings (SSSR count). The predicted molar refractivity (Wildman–Crippen MR) is 163 cm³/mol. The smallest absolute Gasteiger partial charge is 0.411 e. The van der Waals surface area contributed by atoms with Crippen molar-refractivity contribution >= 4 is 44.4 Å². The summed E-state index contributed by atoms with van der Waals surface area (Å²) >= 11 is 1.38. The first kappa shape index (κ1) is 30.8. The van der Waals surface area contributed by atoms with E-state index in [2.05, 4.69) is 30.2 Å². The van der Waals surface area contributed by atoms with Crippen LogP contribution in [0.5, 0.6) is 17.6 Å². The molecule has 2 N–H and O–H groups in total. The van der Waals surface area contributed by atoms with E-state index in [1.54, 1.807) is 33.0 Å². The summed E-state index contributed by atoms with van der Waals surface area (Å²) in [5.41, 5.74) is 2.99. The van der Waals surface area contributed by atoms with Gasteiger partial charge in [0.1, 0.15) is 17.7 Å². The number of ether oxygens (including phenoxy) is 4. The van der Waals surface area contributed by atoms with Gasteiger partial charge in [-0.3, -0.25) is 5.32 Å². The van der Waals surface area contributed by atoms with Crippen LogP contribution in [0.15, 0.2) is 42.9 Å². The highest BCUT2D eigenvalue weighted by Gasteiger charge is 2.18. The molecule has 2 aromatic carbocycles. The summed E-state index contributed by atoms with van der Waals surface area (Å²) in [5, 5.41) is 12.9. The molecule has 0 radical (unpaired) electrons. The number of hydrogen-bond acceptors (Lipinski definition) is 12. The molecule has 44 heavy (non-hydrogen) atoms. The monoisotopic (exact) mass is 622 g/mol. The first-order valence-electron chi connectivity index (χ1n) is 13.7. The van der Waals surface area contributed by atoms with Gasteiger partial charge in [-0.2, -0.15) is 0 Å². The minimum atomic E-state index is -0.863. The molecule has 0 aliphatic heterocycles. The molecule has 0 spiro atoms. The number of halogens is 1. The Kier molecular flexibility index (Phi) is 9.01. The normalized spacial score (nSPS) is 12.2. The quantitative estimate of drug-likeness (QED) is 0.186. The number of aryl methyl sites for hydroxylation is 1. The summed E-state index contributed by atoms with van der Waals surface area (Å²) in [5.74, 6) is -0.172. The second-order valence-electron chi connectivity index (χ2n) is 10.7. The number of nitrogens with zero attached hydrogens (tertiary/aromatic N) is 5. The van der Waals surface area contributed by atoms with E-state index in [1.165, 1.54) is 36.9 Å². The van der Waals surface area contributed by atoms with Gasteiger partial charge in [-0.15, -0.1) is 11.3 Å². The molecule has 230 valence electrons. The standard InChI is InChI=1S/C30H31FN6O6S/c1-16-8-19(26-22(9-16)36-25(40-5)14-32-26)27-37-21-10-20(31)23(11-24(21)44-27)43-17(2)15-42-29(38)35-18-12-33-28(34-13-18)41-7-6-30(3,4)39/h8-14,17,39H,6-7,15H2,1-5H3,(H,35,38)/t17-/m0/s1. The maximum absolute atomic E-state index is 15.0. The average molecular weight is 623 g/mol. The molecule has 0 unspecified atom stereocenters. The van der Waals surface area contributed by atoms with Crippen molar-refractivity contribution in [2.45, 2.75) is 45.8 Å². The number of benzene rings is 2. The molecule has 0 aliphatic carbocycles. The van der Waals surface area contributed by atoms with E-state index < -0.39 is 23.6 Å². The van der Waals surface area contributed by atoms with Crippen molar-refractivity contribution in [1.29, 1.82) is 0 Å². The van der Waals surface area contributed by atoms with Crippen LogP contribution < -0.4 is 19.5 Å². The summed E-state index contributed by atoms with van der Waals surface area (Å²) < 4.78 is 37.3. The minimum absolute atomic E-state index is 0.0106. The number of fused-ring (bicyclic) bond motifs is 2. The third-order valence-electron chi connectivity index (χ3n) is 6.25. The molecule has 14 heteroatoms. The van der Waals surface area contributed by atoms with Gasteiger partial charge in [-0.1, -0.05) is 0 Å². The summed E-state index contributed by atoms with van der Waals surface area (Å²) in [4.78, 5) is 33.9. The van der Waals surface area contributed by atoms with Crippen molar-refractivity contribution in [1.82, 2.24) is 24.9 Å². The van der Waals surface area contributed by atoms with Gasteiger partial charge in [0.2, 0.25) is 5.88 Å². The lowest BCUT2D eigenvalue weighted by Crippen LogP contribution is -2.24. The molecule has 0 saturated carbocycles. The van der Waals surface area contributed by atoms with E-state index in [1.807, 2.05) is 19.1 Å². The lowest BCUT2D eigenvalue weighted by Gasteiger charge is -2.16. The summed E-state index contributed by atoms with van der Waals surface area (Å²) in [6.07, 6.45) is 3.27. The van der Waals surface area contributed by atoms with Crippen molar-refractivity contribution < 1.29 is 33.2 Å². The van der Waals surface area contributed by atoms with Crippen LogP contribution in [-0.2, 0) is 4.74 Å². The molecule has 0 bridgehead atoms. The SMILES string of the molecule is COc1cnc2c(-c3nc4cc(F)c(O[C@@H](C)COC(=O)Nc5cnc(OCCC(C)(C)O)nc5)cc4s3)cc(C)cc2n1. The first-order chi connectivity index (χ1) is 21.0. The highest BCUT2D eigenvalue weighted by molar-refractivity contribution is 7.21. The van der Waals surface area contributed by atoms with Gasteiger partial charge in [0.05, 0.1) is 64.8 Å². The zero-order valence-corrected chi connectivity index (χ0v) is 25.6. The van der Waals surface area contributed by atoms with E-state index in [9.17, 15) is 14.3 Å². The van der Waals surface area contributed by atoms with Crippen LogP contribution in [0, 0.1) is 12.7 Å². The maximum atomic E-state index is 15.0. The molecule has 5 aromatic rings. The Labute approximate surface area is 256 Å². The summed E-state index contributed by atoms with van der Waals surface area (Å²) in [6.45, 7) is 7.06. The Balaban J connectivity index is 1.20. The zero-order chi connectivity index (χ0) is 31.4. The van der Waals surface area contributed by atoms with E-state index in [0.29, 0.717) is 44.2 Å². The molecule has 3 heterocycles. The zero-order valence-electron chi connectivity index (χ0n) is 24.8. The minimum Gasteiger partial charge on any atom is -0.484 e. The fraction of sp³-hybridized carbons (Fsp3) is 0.333. The second-order valence-corrected chi connectivity index (χ2v) is 11.7. The van der Waals surface area contributed by atoms with Gasteiger partial charge >= 0.3 is 12.1 Å². The predicted octanol–water partition coefficient (Wildman–Crippen LogP) is 5.71. The van der Waals surface area contributed by atoms with Crippen LogP contribution in [0.1, 0.15) is 32.8 Å². The van der Waals surface area contributed by atoms with Crippen LogP contribution in [0.25, 0.3) is 31.8 Å². The number of aromatic nitrogens is 5. The number of anilines is 1. The van der Waals surface area contributed by atoms with Crippen molar-refractivity contribution in [2.24, 2.45) is 0 Å². The number of hydrogen-bond donors (Lipinski definition) is 2. The van der Waals surface area contributed by atoms with Crippen LogP contribution in [0.3, 0.4) is 0 Å². The van der Waals surface area contributed by atoms with E-state index in [0.717, 1.165) is 11.1 Å². The number of carbonyl (C=O) groups is 1. The van der Waals surface area contributed by atoms with Gasteiger partial charge in [-0.05, 0) is 45.4 Å². The van der Waals surface area contributed by atoms with Crippen LogP contribution >= 0.6 is 11.3 Å². The summed E-state index contributed by atoms with van der Waals surface area (Å²) in [7, 11) is 1.53. The molecule has 3 aromatic heterocycles. The van der Waals surface area contributed by atoms with Crippen LogP contribution in [0.2, 0.25) is 0 Å². The van der Waals surface area contributed by atoms with Crippen LogP contribution in [-0.4, -0.2) is 68.1 Å². The molecular weight excluding hydrogens is 591 g/mol. The number of thiazole rings is 1. The van der Waals surface area contributed by atoms with E-state index in [-0.39, 0.29) is 25.0 Å². The lowest BCUT2D eigenvalue weighted by molar-refractivity contribution is 0.0539. The highest BCUT2D eigenvalue weighted by Crippen LogP contribution is 2.37. The molecule has 0 aliphatic rings. The third kappa shape index (κ3) is 7.63. The largest absolute Gasteiger partial charge is 0.484 e. The van der Waals surface area contributed by atoms with Gasteiger partial charge in [0.25, 0.3) is 0 Å². The molecule has 0 saturated heterocycles. The molecule has 12 nitrogen and oxygen atoms in total. The maximum Gasteiger partial charge on any atom is 0.411 e. The fourth-order valence-corrected chi connectivity index (χ4v) is 5.08. The number of rotatable bonds is 11. The Bertz CT molecular complexity index is 1790. The Morgan fingerprint density at radius 2 is 1.86 bits per heavy atom. The van der Waals surface area contributed by atoms with Gasteiger partial charge in [0.15, 0.2) is 11.6 Å². The van der Waals surface area contributed by atoms with E-state index in [4.69, 9.17) is 18.9 Å². The average Bonchev–Trinajstić information content (AvgIpc) is 3.38. The number of aliphatic hydroxyl groups is 1. The van der Waals surface area contributed by atoms with Crippen molar-refractivity contribution in [2.75, 3.05) is 25.6 Å². The number of nitrogens with one attached hydrogen (secondary N) is 1. The highest BCUT2D eigenvalue weighted by atomic mass is 32.1. The Morgan fingerprint density at radius 3 is 2.59 bits per heavy atom. The Hall–Kier alpha value is -4.69. The molecule has 1 amide bonds. The van der Waals surface area contributed by atoms with Crippen molar-refractivity contribution in [3.63, 3.8) is 0 Å².